The van der Waals surface area contributed by atoms with Crippen LogP contribution in [0, 0.1) is 0 Å². The third-order valence-corrected chi connectivity index (χ3v) is 10.3. The number of hydrogen-bond donors (Lipinski definition) is 0. The minimum Gasteiger partial charge on any atom is -0.417 e. The molecule has 3 nitrogen and oxygen atoms in total. The molecule has 0 amide bonds. The number of benzene rings is 2. The molecule has 0 bridgehead atoms. The minimum atomic E-state index is -1.80. The van der Waals surface area contributed by atoms with Crippen LogP contribution in [-0.4, -0.2) is 32.2 Å². The van der Waals surface area contributed by atoms with E-state index in [4.69, 9.17) is 4.43 Å². The summed E-state index contributed by atoms with van der Waals surface area (Å²) in [4.78, 5) is 14.3. The molecule has 0 unspecified atom stereocenters. The van der Waals surface area contributed by atoms with Crippen molar-refractivity contribution >= 4 is 14.6 Å². The molecule has 0 aromatic heterocycles. The Morgan fingerprint density at radius 1 is 0.929 bits per heavy atom. The zero-order valence-corrected chi connectivity index (χ0v) is 19.0. The Kier molecular flexibility index (Phi) is 8.17. The molecule has 0 aliphatic rings. The highest BCUT2D eigenvalue weighted by molar-refractivity contribution is 6.74. The Morgan fingerprint density at radius 3 is 1.79 bits per heavy atom. The van der Waals surface area contributed by atoms with Crippen molar-refractivity contribution in [2.75, 3.05) is 6.61 Å². The molecule has 0 saturated heterocycles. The number of rotatable bonds is 10. The Hall–Kier alpha value is -1.75. The highest BCUT2D eigenvalue weighted by atomic mass is 28.4. The van der Waals surface area contributed by atoms with Crippen molar-refractivity contribution in [1.29, 1.82) is 0 Å². The molecule has 152 valence electrons. The van der Waals surface area contributed by atoms with E-state index in [0.29, 0.717) is 6.61 Å². The van der Waals surface area contributed by atoms with Crippen LogP contribution >= 0.6 is 0 Å². The predicted octanol–water partition coefficient (Wildman–Crippen LogP) is 5.67. The lowest BCUT2D eigenvalue weighted by Gasteiger charge is -2.37. The van der Waals surface area contributed by atoms with E-state index >= 15 is 0 Å². The van der Waals surface area contributed by atoms with Crippen molar-refractivity contribution in [3.63, 3.8) is 0 Å². The molecule has 0 aliphatic heterocycles. The van der Waals surface area contributed by atoms with Gasteiger partial charge < -0.3 is 9.22 Å². The van der Waals surface area contributed by atoms with E-state index in [1.165, 1.54) is 11.1 Å². The van der Waals surface area contributed by atoms with Crippen LogP contribution in [0.3, 0.4) is 0 Å². The van der Waals surface area contributed by atoms with Gasteiger partial charge in [0.1, 0.15) is 6.29 Å². The van der Waals surface area contributed by atoms with Gasteiger partial charge in [-0.15, -0.1) is 0 Å². The summed E-state index contributed by atoms with van der Waals surface area (Å²) in [5.74, 6) is 0. The van der Waals surface area contributed by atoms with Gasteiger partial charge >= 0.3 is 0 Å². The Balaban J connectivity index is 2.09. The quantitative estimate of drug-likeness (QED) is 0.382. The zero-order chi connectivity index (χ0) is 20.6. The van der Waals surface area contributed by atoms with Crippen molar-refractivity contribution < 1.29 is 9.22 Å². The summed E-state index contributed by atoms with van der Waals surface area (Å²) in [6, 6.07) is 20.5. The highest BCUT2D eigenvalue weighted by Gasteiger charge is 2.37. The topological polar surface area (TPSA) is 29.5 Å². The van der Waals surface area contributed by atoms with E-state index in [-0.39, 0.29) is 11.1 Å². The number of carbonyl (C=O) groups is 1. The predicted molar refractivity (Wildman–Crippen MR) is 120 cm³/mol. The second-order valence-electron chi connectivity index (χ2n) is 8.98. The molecule has 2 aromatic rings. The molecule has 0 heterocycles. The number of hydrogen-bond acceptors (Lipinski definition) is 3. The first-order chi connectivity index (χ1) is 13.2. The minimum absolute atomic E-state index is 0.162. The maximum absolute atomic E-state index is 12.0. The van der Waals surface area contributed by atoms with Crippen LogP contribution in [0.1, 0.15) is 38.3 Å². The number of aldehydes is 1. The molecule has 2 aromatic carbocycles. The van der Waals surface area contributed by atoms with Gasteiger partial charge in [0, 0.05) is 19.7 Å². The Bertz CT molecular complexity index is 669. The molecule has 0 radical (unpaired) electrons. The molecule has 0 aliphatic carbocycles. The van der Waals surface area contributed by atoms with Gasteiger partial charge in [-0.25, -0.2) is 0 Å². The molecule has 0 spiro atoms. The van der Waals surface area contributed by atoms with Gasteiger partial charge in [-0.3, -0.25) is 4.90 Å². The summed E-state index contributed by atoms with van der Waals surface area (Å²) in [5.41, 5.74) is 2.44. The number of nitrogens with zero attached hydrogens (tertiary/aromatic N) is 1. The summed E-state index contributed by atoms with van der Waals surface area (Å²) in [5, 5.41) is 0.178. The molecular formula is C24H35NO2Si. The first kappa shape index (κ1) is 22.5. The third-order valence-electron chi connectivity index (χ3n) is 5.77. The van der Waals surface area contributed by atoms with Gasteiger partial charge in [-0.2, -0.15) is 0 Å². The van der Waals surface area contributed by atoms with Crippen LogP contribution in [0.25, 0.3) is 0 Å². The van der Waals surface area contributed by atoms with Gasteiger partial charge in [-0.05, 0) is 35.7 Å². The summed E-state index contributed by atoms with van der Waals surface area (Å²) in [6.07, 6.45) is 1.80. The fourth-order valence-electron chi connectivity index (χ4n) is 2.91. The molecule has 2 rings (SSSR count). The lowest BCUT2D eigenvalue weighted by atomic mass is 10.1. The Morgan fingerprint density at radius 2 is 1.39 bits per heavy atom. The van der Waals surface area contributed by atoms with Crippen LogP contribution in [-0.2, 0) is 22.3 Å². The fourth-order valence-corrected chi connectivity index (χ4v) is 3.98. The van der Waals surface area contributed by atoms with Gasteiger partial charge in [-0.1, -0.05) is 81.4 Å². The van der Waals surface area contributed by atoms with Crippen LogP contribution in [0.15, 0.2) is 60.7 Å². The highest BCUT2D eigenvalue weighted by Crippen LogP contribution is 2.36. The lowest BCUT2D eigenvalue weighted by Crippen LogP contribution is -2.42. The summed E-state index contributed by atoms with van der Waals surface area (Å²) >= 11 is 0. The van der Waals surface area contributed by atoms with Crippen LogP contribution in [0.4, 0.5) is 0 Å². The van der Waals surface area contributed by atoms with Crippen LogP contribution < -0.4 is 0 Å². The van der Waals surface area contributed by atoms with Gasteiger partial charge in [0.15, 0.2) is 8.32 Å². The molecule has 28 heavy (non-hydrogen) atoms. The van der Waals surface area contributed by atoms with Crippen molar-refractivity contribution in [2.24, 2.45) is 0 Å². The maximum atomic E-state index is 12.0. The smallest absolute Gasteiger partial charge is 0.191 e. The van der Waals surface area contributed by atoms with Crippen molar-refractivity contribution in [2.45, 2.75) is 64.5 Å². The number of carbonyl (C=O) groups excluding carboxylic acids is 1. The van der Waals surface area contributed by atoms with E-state index in [0.717, 1.165) is 25.8 Å². The second kappa shape index (κ2) is 10.1. The molecule has 0 N–H and O–H groups in total. The first-order valence-corrected chi connectivity index (χ1v) is 13.0. The molecule has 0 fully saturated rings. The summed E-state index contributed by atoms with van der Waals surface area (Å²) in [6.45, 7) is 13.4. The van der Waals surface area contributed by atoms with E-state index < -0.39 is 8.32 Å². The van der Waals surface area contributed by atoms with Crippen molar-refractivity contribution in [1.82, 2.24) is 4.90 Å². The molecule has 1 atom stereocenters. The van der Waals surface area contributed by atoms with E-state index in [2.05, 4.69) is 63.0 Å². The van der Waals surface area contributed by atoms with Crippen molar-refractivity contribution in [3.8, 4) is 0 Å². The Labute approximate surface area is 171 Å². The second-order valence-corrected chi connectivity index (χ2v) is 13.8. The third kappa shape index (κ3) is 6.69. The fraction of sp³-hybridized carbons (Fsp3) is 0.458. The average molecular weight is 398 g/mol. The molecule has 4 heteroatoms. The van der Waals surface area contributed by atoms with Crippen LogP contribution in [0.5, 0.6) is 0 Å². The zero-order valence-electron chi connectivity index (χ0n) is 18.0. The molecule has 0 saturated carbocycles. The summed E-state index contributed by atoms with van der Waals surface area (Å²) in [7, 11) is -1.80. The van der Waals surface area contributed by atoms with E-state index in [1.807, 2.05) is 36.4 Å². The monoisotopic (exact) mass is 397 g/mol. The van der Waals surface area contributed by atoms with Gasteiger partial charge in [0.2, 0.25) is 0 Å². The largest absolute Gasteiger partial charge is 0.417 e. The van der Waals surface area contributed by atoms with Crippen LogP contribution in [0.2, 0.25) is 18.1 Å². The average Bonchev–Trinajstić information content (AvgIpc) is 2.65. The lowest BCUT2D eigenvalue weighted by molar-refractivity contribution is -0.113. The summed E-state index contributed by atoms with van der Waals surface area (Å²) < 4.78 is 6.33. The normalized spacial score (nSPS) is 13.5. The van der Waals surface area contributed by atoms with Crippen molar-refractivity contribution in [3.05, 3.63) is 71.8 Å². The maximum Gasteiger partial charge on any atom is 0.191 e. The standard InChI is InChI=1S/C24H35NO2Si/c1-24(2,3)28(4,5)27-17-16-23(20-26)25(18-21-12-8-6-9-13-21)19-22-14-10-7-11-15-22/h6-15,20,23H,16-19H2,1-5H3/t23-/m0/s1. The van der Waals surface area contributed by atoms with E-state index in [1.54, 1.807) is 0 Å². The molecular weight excluding hydrogens is 362 g/mol. The SMILES string of the molecule is CC(C)(C)[Si](C)(C)OCC[C@@H](C=O)N(Cc1ccccc1)Cc1ccccc1. The van der Waals surface area contributed by atoms with E-state index in [9.17, 15) is 4.79 Å². The van der Waals surface area contributed by atoms with Gasteiger partial charge in [0.05, 0.1) is 6.04 Å². The van der Waals surface area contributed by atoms with Gasteiger partial charge in [0.25, 0.3) is 0 Å². The first-order valence-electron chi connectivity index (χ1n) is 10.1.